The van der Waals surface area contributed by atoms with Gasteiger partial charge in [0.1, 0.15) is 0 Å². The number of methoxy groups -OCH3 is 1. The van der Waals surface area contributed by atoms with Gasteiger partial charge in [-0.15, -0.1) is 0 Å². The van der Waals surface area contributed by atoms with E-state index in [9.17, 15) is 4.79 Å². The van der Waals surface area contributed by atoms with Crippen LogP contribution in [0.2, 0.25) is 0 Å². The van der Waals surface area contributed by atoms with Crippen LogP contribution >= 0.6 is 0 Å². The lowest BCUT2D eigenvalue weighted by Gasteiger charge is -2.04. The van der Waals surface area contributed by atoms with Crippen molar-refractivity contribution in [1.29, 1.82) is 0 Å². The summed E-state index contributed by atoms with van der Waals surface area (Å²) in [5, 5.41) is 0. The van der Waals surface area contributed by atoms with Crippen LogP contribution in [0.25, 0.3) is 11.1 Å². The number of pyridine rings is 1. The minimum absolute atomic E-state index is 0.161. The number of ether oxygens (including phenoxy) is 1. The number of Topliss-reactive ketones (excluding diaryl/α,β-unsaturated/α-hetero) is 1. The van der Waals surface area contributed by atoms with Crippen LogP contribution in [0, 0.1) is 0 Å². The predicted octanol–water partition coefficient (Wildman–Crippen LogP) is 3.35. The lowest BCUT2D eigenvalue weighted by molar-refractivity contribution is 0.0988. The summed E-state index contributed by atoms with van der Waals surface area (Å²) < 4.78 is 5.01. The summed E-state index contributed by atoms with van der Waals surface area (Å²) in [6.07, 6.45) is 2.29. The van der Waals surface area contributed by atoms with Crippen molar-refractivity contribution in [1.82, 2.24) is 4.98 Å². The van der Waals surface area contributed by atoms with E-state index in [1.807, 2.05) is 43.3 Å². The second-order valence-corrected chi connectivity index (χ2v) is 3.94. The van der Waals surface area contributed by atoms with E-state index in [2.05, 4.69) is 4.98 Å². The van der Waals surface area contributed by atoms with Crippen LogP contribution in [0.1, 0.15) is 23.7 Å². The lowest BCUT2D eigenvalue weighted by atomic mass is 10.0. The highest BCUT2D eigenvalue weighted by Crippen LogP contribution is 2.21. The number of aromatic nitrogens is 1. The van der Waals surface area contributed by atoms with E-state index in [1.165, 1.54) is 0 Å². The summed E-state index contributed by atoms with van der Waals surface area (Å²) in [7, 11) is 1.59. The van der Waals surface area contributed by atoms with Gasteiger partial charge in [0.2, 0.25) is 5.88 Å². The molecule has 0 unspecified atom stereocenters. The Morgan fingerprint density at radius 2 is 1.78 bits per heavy atom. The number of nitrogens with zero attached hydrogens (tertiary/aromatic N) is 1. The van der Waals surface area contributed by atoms with Gasteiger partial charge >= 0.3 is 0 Å². The Labute approximate surface area is 106 Å². The maximum absolute atomic E-state index is 11.5. The average molecular weight is 241 g/mol. The number of hydrogen-bond donors (Lipinski definition) is 0. The second-order valence-electron chi connectivity index (χ2n) is 3.94. The second kappa shape index (κ2) is 5.45. The fraction of sp³-hybridized carbons (Fsp3) is 0.200. The van der Waals surface area contributed by atoms with Crippen LogP contribution in [0.3, 0.4) is 0 Å². The molecule has 92 valence electrons. The maximum atomic E-state index is 11.5. The molecule has 0 aliphatic carbocycles. The molecule has 0 aliphatic heterocycles. The van der Waals surface area contributed by atoms with Gasteiger partial charge in [0.15, 0.2) is 5.78 Å². The first-order chi connectivity index (χ1) is 8.74. The Hall–Kier alpha value is -2.16. The highest BCUT2D eigenvalue weighted by atomic mass is 16.5. The third-order valence-corrected chi connectivity index (χ3v) is 2.81. The Balaban J connectivity index is 2.25. The number of carbonyl (C=O) groups excluding carboxylic acids is 1. The van der Waals surface area contributed by atoms with Gasteiger partial charge in [-0.3, -0.25) is 4.79 Å². The van der Waals surface area contributed by atoms with Crippen molar-refractivity contribution < 1.29 is 9.53 Å². The highest BCUT2D eigenvalue weighted by molar-refractivity contribution is 5.96. The quantitative estimate of drug-likeness (QED) is 0.770. The van der Waals surface area contributed by atoms with Crippen LogP contribution in [0.5, 0.6) is 5.88 Å². The average Bonchev–Trinajstić information content (AvgIpc) is 2.47. The van der Waals surface area contributed by atoms with Crippen LogP contribution < -0.4 is 4.74 Å². The first-order valence-electron chi connectivity index (χ1n) is 5.88. The molecule has 0 fully saturated rings. The van der Waals surface area contributed by atoms with Crippen molar-refractivity contribution in [3.8, 4) is 17.0 Å². The fourth-order valence-electron chi connectivity index (χ4n) is 1.72. The van der Waals surface area contributed by atoms with E-state index in [0.29, 0.717) is 12.3 Å². The van der Waals surface area contributed by atoms with Gasteiger partial charge in [0.25, 0.3) is 0 Å². The molecule has 1 aromatic carbocycles. The molecular formula is C15H15NO2. The van der Waals surface area contributed by atoms with E-state index >= 15 is 0 Å². The molecule has 3 heteroatoms. The maximum Gasteiger partial charge on any atom is 0.212 e. The van der Waals surface area contributed by atoms with Crippen LogP contribution in [-0.4, -0.2) is 17.9 Å². The minimum atomic E-state index is 0.161. The number of benzene rings is 1. The van der Waals surface area contributed by atoms with Crippen molar-refractivity contribution in [2.24, 2.45) is 0 Å². The first kappa shape index (κ1) is 12.3. The molecule has 0 spiro atoms. The molecule has 0 aliphatic rings. The number of ketones is 1. The van der Waals surface area contributed by atoms with Crippen molar-refractivity contribution in [3.05, 3.63) is 48.2 Å². The van der Waals surface area contributed by atoms with Crippen LogP contribution in [0.15, 0.2) is 42.6 Å². The topological polar surface area (TPSA) is 39.2 Å². The zero-order valence-corrected chi connectivity index (χ0v) is 10.5. The zero-order valence-electron chi connectivity index (χ0n) is 10.5. The minimum Gasteiger partial charge on any atom is -0.481 e. The number of hydrogen-bond acceptors (Lipinski definition) is 3. The highest BCUT2D eigenvalue weighted by Gasteiger charge is 2.04. The molecule has 1 aromatic heterocycles. The van der Waals surface area contributed by atoms with Gasteiger partial charge in [-0.05, 0) is 11.6 Å². The Morgan fingerprint density at radius 1 is 1.11 bits per heavy atom. The standard InChI is InChI=1S/C15H15NO2/c1-3-14(17)12-6-4-11(5-7-12)13-8-9-15(18-2)16-10-13/h4-10H,3H2,1-2H3. The van der Waals surface area contributed by atoms with Gasteiger partial charge in [0.05, 0.1) is 7.11 Å². The summed E-state index contributed by atoms with van der Waals surface area (Å²) in [5.74, 6) is 0.755. The predicted molar refractivity (Wildman–Crippen MR) is 70.8 cm³/mol. The van der Waals surface area contributed by atoms with Crippen molar-refractivity contribution in [2.75, 3.05) is 7.11 Å². The molecular weight excluding hydrogens is 226 g/mol. The van der Waals surface area contributed by atoms with Crippen molar-refractivity contribution in [3.63, 3.8) is 0 Å². The molecule has 3 nitrogen and oxygen atoms in total. The summed E-state index contributed by atoms with van der Waals surface area (Å²) in [6, 6.07) is 11.3. The molecule has 0 saturated heterocycles. The van der Waals surface area contributed by atoms with Gasteiger partial charge in [0, 0.05) is 29.8 Å². The molecule has 1 heterocycles. The third kappa shape index (κ3) is 2.56. The molecule has 0 saturated carbocycles. The largest absolute Gasteiger partial charge is 0.481 e. The van der Waals surface area contributed by atoms with Gasteiger partial charge < -0.3 is 4.74 Å². The smallest absolute Gasteiger partial charge is 0.212 e. The molecule has 18 heavy (non-hydrogen) atoms. The summed E-state index contributed by atoms with van der Waals surface area (Å²) >= 11 is 0. The van der Waals surface area contributed by atoms with E-state index < -0.39 is 0 Å². The van der Waals surface area contributed by atoms with Crippen LogP contribution in [0.4, 0.5) is 0 Å². The molecule has 0 radical (unpaired) electrons. The number of carbonyl (C=O) groups is 1. The van der Waals surface area contributed by atoms with E-state index in [0.717, 1.165) is 16.7 Å². The van der Waals surface area contributed by atoms with E-state index in [-0.39, 0.29) is 5.78 Å². The Kier molecular flexibility index (Phi) is 3.72. The summed E-state index contributed by atoms with van der Waals surface area (Å²) in [6.45, 7) is 1.86. The summed E-state index contributed by atoms with van der Waals surface area (Å²) in [5.41, 5.74) is 2.80. The Morgan fingerprint density at radius 3 is 2.28 bits per heavy atom. The fourth-order valence-corrected chi connectivity index (χ4v) is 1.72. The lowest BCUT2D eigenvalue weighted by Crippen LogP contribution is -1.95. The van der Waals surface area contributed by atoms with Crippen molar-refractivity contribution in [2.45, 2.75) is 13.3 Å². The monoisotopic (exact) mass is 241 g/mol. The third-order valence-electron chi connectivity index (χ3n) is 2.81. The molecule has 0 atom stereocenters. The Bertz CT molecular complexity index is 529. The normalized spacial score (nSPS) is 10.1. The van der Waals surface area contributed by atoms with Gasteiger partial charge in [-0.25, -0.2) is 4.98 Å². The zero-order chi connectivity index (χ0) is 13.0. The van der Waals surface area contributed by atoms with Crippen molar-refractivity contribution >= 4 is 5.78 Å². The number of rotatable bonds is 4. The van der Waals surface area contributed by atoms with Gasteiger partial charge in [-0.2, -0.15) is 0 Å². The molecule has 0 bridgehead atoms. The first-order valence-corrected chi connectivity index (χ1v) is 5.88. The summed E-state index contributed by atoms with van der Waals surface area (Å²) in [4.78, 5) is 15.7. The molecule has 2 aromatic rings. The SMILES string of the molecule is CCC(=O)c1ccc(-c2ccc(OC)nc2)cc1. The molecule has 0 amide bonds. The van der Waals surface area contributed by atoms with Crippen LogP contribution in [-0.2, 0) is 0 Å². The van der Waals surface area contributed by atoms with E-state index in [4.69, 9.17) is 4.74 Å². The van der Waals surface area contributed by atoms with Gasteiger partial charge in [-0.1, -0.05) is 31.2 Å². The molecule has 2 rings (SSSR count). The van der Waals surface area contributed by atoms with E-state index in [1.54, 1.807) is 13.3 Å². The molecule has 0 N–H and O–H groups in total.